The average molecular weight is 234 g/mol. The second kappa shape index (κ2) is 7.44. The van der Waals surface area contributed by atoms with Crippen LogP contribution in [-0.2, 0) is 4.79 Å². The van der Waals surface area contributed by atoms with Gasteiger partial charge < -0.3 is 4.74 Å². The zero-order valence-electron chi connectivity index (χ0n) is 10.3. The van der Waals surface area contributed by atoms with Crippen LogP contribution in [0.25, 0.3) is 0 Å². The first-order valence-electron chi connectivity index (χ1n) is 5.72. The van der Waals surface area contributed by atoms with Crippen LogP contribution in [0.3, 0.4) is 0 Å². The molecule has 17 heavy (non-hydrogen) atoms. The molecule has 0 radical (unpaired) electrons. The Labute approximate surface area is 102 Å². The Kier molecular flexibility index (Phi) is 5.79. The van der Waals surface area contributed by atoms with Gasteiger partial charge in [0.05, 0.1) is 0 Å². The highest BCUT2D eigenvalue weighted by Crippen LogP contribution is 2.07. The van der Waals surface area contributed by atoms with Crippen molar-refractivity contribution in [3.8, 4) is 5.75 Å². The van der Waals surface area contributed by atoms with Gasteiger partial charge in [0.15, 0.2) is 6.61 Å². The van der Waals surface area contributed by atoms with Crippen LogP contribution in [0.1, 0.15) is 26.7 Å². The average Bonchev–Trinajstić information content (AvgIpc) is 2.35. The van der Waals surface area contributed by atoms with Crippen molar-refractivity contribution in [2.45, 2.75) is 26.7 Å². The third-order valence-corrected chi connectivity index (χ3v) is 2.10. The van der Waals surface area contributed by atoms with E-state index in [1.807, 2.05) is 25.1 Å². The van der Waals surface area contributed by atoms with Crippen LogP contribution in [0.15, 0.2) is 35.4 Å². The third kappa shape index (κ3) is 5.70. The number of rotatable bonds is 6. The molecule has 0 heterocycles. The van der Waals surface area contributed by atoms with Crippen LogP contribution < -0.4 is 10.2 Å². The number of nitrogens with one attached hydrogen (secondary N) is 1. The highest BCUT2D eigenvalue weighted by molar-refractivity contribution is 5.84. The molecule has 0 saturated carbocycles. The van der Waals surface area contributed by atoms with Crippen LogP contribution in [0.5, 0.6) is 5.75 Å². The van der Waals surface area contributed by atoms with Gasteiger partial charge in [0.2, 0.25) is 0 Å². The molecule has 0 aliphatic carbocycles. The second-order valence-electron chi connectivity index (χ2n) is 3.73. The number of para-hydroxylation sites is 1. The van der Waals surface area contributed by atoms with Crippen molar-refractivity contribution in [2.75, 3.05) is 6.61 Å². The molecular weight excluding hydrogens is 216 g/mol. The van der Waals surface area contributed by atoms with E-state index < -0.39 is 0 Å². The first-order chi connectivity index (χ1) is 8.22. The van der Waals surface area contributed by atoms with Gasteiger partial charge in [-0.25, -0.2) is 5.43 Å². The number of nitrogens with zero attached hydrogens (tertiary/aromatic N) is 1. The van der Waals surface area contributed by atoms with Crippen LogP contribution in [0.2, 0.25) is 0 Å². The Morgan fingerprint density at radius 1 is 1.35 bits per heavy atom. The minimum Gasteiger partial charge on any atom is -0.484 e. The van der Waals surface area contributed by atoms with Gasteiger partial charge in [0.1, 0.15) is 5.75 Å². The molecule has 0 unspecified atom stereocenters. The van der Waals surface area contributed by atoms with Crippen molar-refractivity contribution in [1.29, 1.82) is 0 Å². The lowest BCUT2D eigenvalue weighted by Crippen LogP contribution is -2.25. The lowest BCUT2D eigenvalue weighted by atomic mass is 10.2. The summed E-state index contributed by atoms with van der Waals surface area (Å²) in [5.74, 6) is 0.432. The summed E-state index contributed by atoms with van der Waals surface area (Å²) < 4.78 is 5.28. The fourth-order valence-corrected chi connectivity index (χ4v) is 1.27. The molecule has 1 N–H and O–H groups in total. The number of carbonyl (C=O) groups is 1. The van der Waals surface area contributed by atoms with Crippen molar-refractivity contribution < 1.29 is 9.53 Å². The van der Waals surface area contributed by atoms with E-state index in [1.54, 1.807) is 12.1 Å². The largest absolute Gasteiger partial charge is 0.484 e. The van der Waals surface area contributed by atoms with E-state index in [-0.39, 0.29) is 12.5 Å². The molecule has 0 fully saturated rings. The number of hydrogen-bond donors (Lipinski definition) is 1. The van der Waals surface area contributed by atoms with Crippen LogP contribution in [-0.4, -0.2) is 18.2 Å². The molecule has 1 amide bonds. The lowest BCUT2D eigenvalue weighted by Gasteiger charge is -2.05. The van der Waals surface area contributed by atoms with Gasteiger partial charge in [0.25, 0.3) is 5.91 Å². The van der Waals surface area contributed by atoms with Gasteiger partial charge in [-0.15, -0.1) is 0 Å². The fraction of sp³-hybridized carbons (Fsp3) is 0.385. The Bertz CT molecular complexity index is 374. The van der Waals surface area contributed by atoms with Crippen molar-refractivity contribution in [3.05, 3.63) is 30.3 Å². The van der Waals surface area contributed by atoms with E-state index in [1.165, 1.54) is 0 Å². The van der Waals surface area contributed by atoms with E-state index >= 15 is 0 Å². The molecule has 0 saturated heterocycles. The molecule has 1 aromatic carbocycles. The summed E-state index contributed by atoms with van der Waals surface area (Å²) in [5.41, 5.74) is 3.38. The number of ether oxygens (including phenoxy) is 1. The quantitative estimate of drug-likeness (QED) is 0.606. The number of benzene rings is 1. The molecule has 0 aromatic heterocycles. The molecule has 0 atom stereocenters. The van der Waals surface area contributed by atoms with Crippen molar-refractivity contribution >= 4 is 11.6 Å². The van der Waals surface area contributed by atoms with Crippen LogP contribution in [0, 0.1) is 0 Å². The molecular formula is C13H18N2O2. The molecule has 1 aromatic rings. The molecule has 0 bridgehead atoms. The summed E-state index contributed by atoms with van der Waals surface area (Å²) in [5, 5.41) is 3.96. The summed E-state index contributed by atoms with van der Waals surface area (Å²) in [6.45, 7) is 3.94. The fourth-order valence-electron chi connectivity index (χ4n) is 1.27. The third-order valence-electron chi connectivity index (χ3n) is 2.10. The smallest absolute Gasteiger partial charge is 0.277 e. The van der Waals surface area contributed by atoms with Gasteiger partial charge in [0, 0.05) is 5.71 Å². The SMILES string of the molecule is CCCC(C)=NNC(=O)COc1ccccc1. The number of amides is 1. The highest BCUT2D eigenvalue weighted by atomic mass is 16.5. The minimum atomic E-state index is -0.246. The minimum absolute atomic E-state index is 0.0209. The predicted octanol–water partition coefficient (Wildman–Crippen LogP) is 2.36. The summed E-state index contributed by atoms with van der Waals surface area (Å²) >= 11 is 0. The summed E-state index contributed by atoms with van der Waals surface area (Å²) in [4.78, 5) is 11.4. The molecule has 0 aliphatic heterocycles. The zero-order valence-corrected chi connectivity index (χ0v) is 10.3. The predicted molar refractivity (Wildman–Crippen MR) is 68.1 cm³/mol. The molecule has 0 spiro atoms. The highest BCUT2D eigenvalue weighted by Gasteiger charge is 2.01. The molecule has 4 heteroatoms. The van der Waals surface area contributed by atoms with Gasteiger partial charge in [-0.2, -0.15) is 5.10 Å². The van der Waals surface area contributed by atoms with E-state index in [0.717, 1.165) is 18.6 Å². The Morgan fingerprint density at radius 3 is 2.71 bits per heavy atom. The Hall–Kier alpha value is -1.84. The van der Waals surface area contributed by atoms with Gasteiger partial charge in [-0.3, -0.25) is 4.79 Å². The molecule has 4 nitrogen and oxygen atoms in total. The zero-order chi connectivity index (χ0) is 12.5. The summed E-state index contributed by atoms with van der Waals surface area (Å²) in [6.07, 6.45) is 1.91. The van der Waals surface area contributed by atoms with Crippen molar-refractivity contribution in [1.82, 2.24) is 5.43 Å². The van der Waals surface area contributed by atoms with Crippen molar-refractivity contribution in [3.63, 3.8) is 0 Å². The monoisotopic (exact) mass is 234 g/mol. The van der Waals surface area contributed by atoms with E-state index in [2.05, 4.69) is 17.5 Å². The number of carbonyl (C=O) groups excluding carboxylic acids is 1. The Balaban J connectivity index is 2.29. The van der Waals surface area contributed by atoms with Crippen LogP contribution in [0.4, 0.5) is 0 Å². The Morgan fingerprint density at radius 2 is 2.06 bits per heavy atom. The topological polar surface area (TPSA) is 50.7 Å². The van der Waals surface area contributed by atoms with E-state index in [4.69, 9.17) is 4.74 Å². The summed E-state index contributed by atoms with van der Waals surface area (Å²) in [6, 6.07) is 9.22. The van der Waals surface area contributed by atoms with E-state index in [0.29, 0.717) is 5.75 Å². The summed E-state index contributed by atoms with van der Waals surface area (Å²) in [7, 11) is 0. The number of hydrogen-bond acceptors (Lipinski definition) is 3. The van der Waals surface area contributed by atoms with Crippen LogP contribution >= 0.6 is 0 Å². The lowest BCUT2D eigenvalue weighted by molar-refractivity contribution is -0.123. The normalized spacial score (nSPS) is 11.1. The second-order valence-corrected chi connectivity index (χ2v) is 3.73. The molecule has 0 aliphatic rings. The molecule has 92 valence electrons. The van der Waals surface area contributed by atoms with Gasteiger partial charge in [-0.05, 0) is 25.5 Å². The maximum atomic E-state index is 11.4. The molecule has 1 rings (SSSR count). The standard InChI is InChI=1S/C13H18N2O2/c1-3-7-11(2)14-15-13(16)10-17-12-8-5-4-6-9-12/h4-6,8-9H,3,7,10H2,1-2H3,(H,15,16). The van der Waals surface area contributed by atoms with Gasteiger partial charge >= 0.3 is 0 Å². The van der Waals surface area contributed by atoms with Gasteiger partial charge in [-0.1, -0.05) is 31.5 Å². The maximum Gasteiger partial charge on any atom is 0.277 e. The number of hydrazone groups is 1. The van der Waals surface area contributed by atoms with Crippen molar-refractivity contribution in [2.24, 2.45) is 5.10 Å². The maximum absolute atomic E-state index is 11.4. The first kappa shape index (κ1) is 13.2. The van der Waals surface area contributed by atoms with E-state index in [9.17, 15) is 4.79 Å². The first-order valence-corrected chi connectivity index (χ1v) is 5.72.